The summed E-state index contributed by atoms with van der Waals surface area (Å²) in [5, 5.41) is 10.2. The first-order chi connectivity index (χ1) is 10.1. The maximum absolute atomic E-state index is 11.5. The molecule has 0 radical (unpaired) electrons. The van der Waals surface area contributed by atoms with E-state index in [-0.39, 0.29) is 5.91 Å². The van der Waals surface area contributed by atoms with Gasteiger partial charge < -0.3 is 16.0 Å². The van der Waals surface area contributed by atoms with Gasteiger partial charge in [-0.2, -0.15) is 0 Å². The van der Waals surface area contributed by atoms with Crippen molar-refractivity contribution in [2.24, 2.45) is 4.99 Å². The van der Waals surface area contributed by atoms with Gasteiger partial charge in [-0.25, -0.2) is 4.98 Å². The Morgan fingerprint density at radius 1 is 1.24 bits per heavy atom. The molecule has 0 saturated heterocycles. The van der Waals surface area contributed by atoms with Crippen LogP contribution >= 0.6 is 11.3 Å². The van der Waals surface area contributed by atoms with Crippen LogP contribution in [-0.2, 0) is 11.3 Å². The minimum absolute atomic E-state index is 0.0611. The van der Waals surface area contributed by atoms with Gasteiger partial charge >= 0.3 is 0 Å². The largest absolute Gasteiger partial charge is 0.356 e. The predicted molar refractivity (Wildman–Crippen MR) is 87.7 cm³/mol. The Hall–Kier alpha value is -1.63. The molecule has 0 unspecified atom stereocenters. The van der Waals surface area contributed by atoms with E-state index in [0.29, 0.717) is 25.5 Å². The Balaban J connectivity index is 2.27. The first-order valence-electron chi connectivity index (χ1n) is 7.21. The molecule has 0 aromatic carbocycles. The van der Waals surface area contributed by atoms with Crippen LogP contribution in [0.15, 0.2) is 4.99 Å². The Kier molecular flexibility index (Phi) is 7.74. The van der Waals surface area contributed by atoms with Crippen LogP contribution in [0.2, 0.25) is 0 Å². The van der Waals surface area contributed by atoms with E-state index in [2.05, 4.69) is 32.9 Å². The Morgan fingerprint density at radius 3 is 2.57 bits per heavy atom. The second-order valence-electron chi connectivity index (χ2n) is 4.70. The number of nitrogens with one attached hydrogen (secondary N) is 3. The number of thiazole rings is 1. The fraction of sp³-hybridized carbons (Fsp3) is 0.643. The Bertz CT molecular complexity index is 464. The van der Waals surface area contributed by atoms with Gasteiger partial charge in [0.1, 0.15) is 5.01 Å². The van der Waals surface area contributed by atoms with Gasteiger partial charge in [0.15, 0.2) is 5.96 Å². The van der Waals surface area contributed by atoms with Gasteiger partial charge in [-0.3, -0.25) is 9.79 Å². The second-order valence-corrected chi connectivity index (χ2v) is 5.99. The number of nitrogens with zero attached hydrogens (tertiary/aromatic N) is 2. The van der Waals surface area contributed by atoms with Gasteiger partial charge in [0, 0.05) is 31.4 Å². The molecule has 0 aliphatic heterocycles. The molecule has 1 aromatic heterocycles. The van der Waals surface area contributed by atoms with Crippen molar-refractivity contribution < 1.29 is 4.79 Å². The van der Waals surface area contributed by atoms with Crippen molar-refractivity contribution in [3.05, 3.63) is 15.6 Å². The molecular weight excluding hydrogens is 286 g/mol. The van der Waals surface area contributed by atoms with Crippen LogP contribution in [0.1, 0.15) is 35.3 Å². The highest BCUT2D eigenvalue weighted by Crippen LogP contribution is 2.15. The van der Waals surface area contributed by atoms with Gasteiger partial charge in [0.2, 0.25) is 5.91 Å². The summed E-state index contributed by atoms with van der Waals surface area (Å²) in [7, 11) is 1.71. The lowest BCUT2D eigenvalue weighted by molar-refractivity contribution is -0.120. The summed E-state index contributed by atoms with van der Waals surface area (Å²) in [5.74, 6) is 0.745. The van der Waals surface area contributed by atoms with Gasteiger partial charge in [-0.1, -0.05) is 6.92 Å². The van der Waals surface area contributed by atoms with Gasteiger partial charge in [0.25, 0.3) is 0 Å². The van der Waals surface area contributed by atoms with E-state index in [1.165, 1.54) is 4.88 Å². The fourth-order valence-corrected chi connectivity index (χ4v) is 2.52. The maximum atomic E-state index is 11.5. The van der Waals surface area contributed by atoms with Crippen molar-refractivity contribution in [3.8, 4) is 0 Å². The van der Waals surface area contributed by atoms with Crippen molar-refractivity contribution in [1.29, 1.82) is 0 Å². The topological polar surface area (TPSA) is 78.4 Å². The highest BCUT2D eigenvalue weighted by molar-refractivity contribution is 7.11. The quantitative estimate of drug-likeness (QED) is 0.524. The molecule has 1 amide bonds. The predicted octanol–water partition coefficient (Wildman–Crippen LogP) is 1.34. The van der Waals surface area contributed by atoms with Crippen molar-refractivity contribution in [1.82, 2.24) is 20.9 Å². The number of rotatable bonds is 7. The molecular formula is C14H25N5OS. The van der Waals surface area contributed by atoms with E-state index in [0.717, 1.165) is 23.7 Å². The lowest BCUT2D eigenvalue weighted by Crippen LogP contribution is -2.39. The van der Waals surface area contributed by atoms with Crippen LogP contribution in [0, 0.1) is 13.8 Å². The molecule has 1 aromatic rings. The first kappa shape index (κ1) is 17.4. The van der Waals surface area contributed by atoms with E-state index in [1.54, 1.807) is 18.4 Å². The average Bonchev–Trinajstić information content (AvgIpc) is 2.79. The molecule has 118 valence electrons. The number of guanidine groups is 1. The SMILES string of the molecule is CCCNC(=O)CCNC(=NC)NCc1nc(C)c(C)s1. The van der Waals surface area contributed by atoms with Crippen LogP contribution in [0.25, 0.3) is 0 Å². The van der Waals surface area contributed by atoms with E-state index in [4.69, 9.17) is 0 Å². The number of carbonyl (C=O) groups is 1. The van der Waals surface area contributed by atoms with Crippen LogP contribution < -0.4 is 16.0 Å². The molecule has 0 saturated carbocycles. The normalized spacial score (nSPS) is 11.3. The number of aliphatic imine (C=N–C) groups is 1. The maximum Gasteiger partial charge on any atom is 0.221 e. The molecule has 0 fully saturated rings. The zero-order valence-corrected chi connectivity index (χ0v) is 14.1. The Morgan fingerprint density at radius 2 is 2.00 bits per heavy atom. The molecule has 1 heterocycles. The zero-order chi connectivity index (χ0) is 15.7. The Labute approximate surface area is 130 Å². The first-order valence-corrected chi connectivity index (χ1v) is 8.02. The highest BCUT2D eigenvalue weighted by Gasteiger charge is 2.05. The number of amides is 1. The number of carbonyl (C=O) groups excluding carboxylic acids is 1. The molecule has 7 heteroatoms. The summed E-state index contributed by atoms with van der Waals surface area (Å²) >= 11 is 1.68. The lowest BCUT2D eigenvalue weighted by Gasteiger charge is -2.10. The lowest BCUT2D eigenvalue weighted by atomic mass is 10.4. The zero-order valence-electron chi connectivity index (χ0n) is 13.2. The van der Waals surface area contributed by atoms with Crippen LogP contribution in [-0.4, -0.2) is 37.0 Å². The number of aryl methyl sites for hydroxylation is 2. The minimum atomic E-state index is 0.0611. The smallest absolute Gasteiger partial charge is 0.221 e. The minimum Gasteiger partial charge on any atom is -0.356 e. The standard InChI is InChI=1S/C14H25N5OS/c1-5-7-16-12(20)6-8-17-14(15-4)18-9-13-19-10(2)11(3)21-13/h5-9H2,1-4H3,(H,16,20)(H2,15,17,18). The van der Waals surface area contributed by atoms with Crippen molar-refractivity contribution in [2.75, 3.05) is 20.1 Å². The van der Waals surface area contributed by atoms with Gasteiger partial charge in [0.05, 0.1) is 12.2 Å². The molecule has 3 N–H and O–H groups in total. The summed E-state index contributed by atoms with van der Waals surface area (Å²) in [4.78, 5) is 21.3. The van der Waals surface area contributed by atoms with Crippen LogP contribution in [0.4, 0.5) is 0 Å². The molecule has 1 rings (SSSR count). The second kappa shape index (κ2) is 9.33. The van der Waals surface area contributed by atoms with Crippen LogP contribution in [0.5, 0.6) is 0 Å². The van der Waals surface area contributed by atoms with Crippen molar-refractivity contribution in [3.63, 3.8) is 0 Å². The summed E-state index contributed by atoms with van der Waals surface area (Å²) in [6.07, 6.45) is 1.39. The van der Waals surface area contributed by atoms with Crippen molar-refractivity contribution >= 4 is 23.2 Å². The van der Waals surface area contributed by atoms with E-state index >= 15 is 0 Å². The molecule has 0 bridgehead atoms. The highest BCUT2D eigenvalue weighted by atomic mass is 32.1. The van der Waals surface area contributed by atoms with Crippen molar-refractivity contribution in [2.45, 2.75) is 40.2 Å². The molecule has 0 spiro atoms. The summed E-state index contributed by atoms with van der Waals surface area (Å²) < 4.78 is 0. The fourth-order valence-electron chi connectivity index (χ4n) is 1.64. The monoisotopic (exact) mass is 311 g/mol. The summed E-state index contributed by atoms with van der Waals surface area (Å²) in [6.45, 7) is 8.04. The molecule has 0 aliphatic carbocycles. The third-order valence-corrected chi connectivity index (χ3v) is 3.99. The molecule has 21 heavy (non-hydrogen) atoms. The van der Waals surface area contributed by atoms with E-state index < -0.39 is 0 Å². The molecule has 6 nitrogen and oxygen atoms in total. The van der Waals surface area contributed by atoms with Gasteiger partial charge in [-0.05, 0) is 20.3 Å². The summed E-state index contributed by atoms with van der Waals surface area (Å²) in [6, 6.07) is 0. The van der Waals surface area contributed by atoms with Gasteiger partial charge in [-0.15, -0.1) is 11.3 Å². The molecule has 0 atom stereocenters. The summed E-state index contributed by atoms with van der Waals surface area (Å²) in [5.41, 5.74) is 1.08. The van der Waals surface area contributed by atoms with E-state index in [1.807, 2.05) is 13.8 Å². The number of aromatic nitrogens is 1. The van der Waals surface area contributed by atoms with E-state index in [9.17, 15) is 4.79 Å². The van der Waals surface area contributed by atoms with Crippen LogP contribution in [0.3, 0.4) is 0 Å². The molecule has 0 aliphatic rings. The average molecular weight is 311 g/mol. The third-order valence-electron chi connectivity index (χ3n) is 2.92. The number of hydrogen-bond donors (Lipinski definition) is 3. The third kappa shape index (κ3) is 6.57. The number of hydrogen-bond acceptors (Lipinski definition) is 4.